The molecule has 7 heteroatoms. The number of hydrogen-bond donors (Lipinski definition) is 1. The molecule has 0 amide bonds. The van der Waals surface area contributed by atoms with E-state index >= 15 is 0 Å². The Hall–Kier alpha value is -1.89. The summed E-state index contributed by atoms with van der Waals surface area (Å²) >= 11 is 0. The lowest BCUT2D eigenvalue weighted by atomic mass is 10.0. The number of aromatic nitrogens is 2. The molecule has 0 radical (unpaired) electrons. The number of nitrogens with zero attached hydrogens (tertiary/aromatic N) is 2. The van der Waals surface area contributed by atoms with Gasteiger partial charge in [0.25, 0.3) is 0 Å². The van der Waals surface area contributed by atoms with Crippen molar-refractivity contribution in [3.05, 3.63) is 29.6 Å². The summed E-state index contributed by atoms with van der Waals surface area (Å²) in [6, 6.07) is 3.66. The Morgan fingerprint density at radius 3 is 2.07 bits per heavy atom. The largest absolute Gasteiger partial charge is 0.416 e. The van der Waals surface area contributed by atoms with Gasteiger partial charge in [-0.05, 0) is 59.7 Å². The summed E-state index contributed by atoms with van der Waals surface area (Å²) in [4.78, 5) is 15.0. The molecule has 152 valence electrons. The Morgan fingerprint density at radius 2 is 1.70 bits per heavy atom. The van der Waals surface area contributed by atoms with Gasteiger partial charge in [-0.3, -0.25) is 4.79 Å². The zero-order valence-corrected chi connectivity index (χ0v) is 17.0. The molecule has 4 nitrogen and oxygen atoms in total. The summed E-state index contributed by atoms with van der Waals surface area (Å²) in [7, 11) is 0. The number of alkyl halides is 3. The number of ketones is 1. The van der Waals surface area contributed by atoms with E-state index in [4.69, 9.17) is 5.11 Å². The molecule has 0 aliphatic rings. The number of carbonyl (C=O) groups excluding carboxylic acids is 1. The van der Waals surface area contributed by atoms with Crippen molar-refractivity contribution < 1.29 is 23.1 Å². The molecule has 1 heterocycles. The van der Waals surface area contributed by atoms with Crippen LogP contribution in [0.5, 0.6) is 0 Å². The Balaban J connectivity index is 0.000000345. The van der Waals surface area contributed by atoms with Crippen molar-refractivity contribution >= 4 is 16.8 Å². The topological polar surface area (TPSA) is 55.1 Å². The first-order valence-corrected chi connectivity index (χ1v) is 8.87. The van der Waals surface area contributed by atoms with Gasteiger partial charge in [-0.1, -0.05) is 6.92 Å². The van der Waals surface area contributed by atoms with Crippen LogP contribution in [0.1, 0.15) is 65.8 Å². The van der Waals surface area contributed by atoms with Gasteiger partial charge in [0.1, 0.15) is 11.6 Å². The molecule has 0 spiro atoms. The van der Waals surface area contributed by atoms with E-state index < -0.39 is 17.3 Å². The number of aliphatic hydroxyl groups is 1. The Labute approximate surface area is 158 Å². The molecule has 27 heavy (non-hydrogen) atoms. The van der Waals surface area contributed by atoms with E-state index in [1.807, 2.05) is 25.3 Å². The number of aryl methyl sites for hydroxylation is 1. The van der Waals surface area contributed by atoms with Crippen LogP contribution in [0.15, 0.2) is 18.2 Å². The van der Waals surface area contributed by atoms with Gasteiger partial charge >= 0.3 is 6.18 Å². The van der Waals surface area contributed by atoms with Gasteiger partial charge < -0.3 is 9.67 Å². The number of benzene rings is 1. The maximum Gasteiger partial charge on any atom is 0.416 e. The molecule has 0 aliphatic heterocycles. The highest BCUT2D eigenvalue weighted by Crippen LogP contribution is 2.33. The first-order valence-electron chi connectivity index (χ1n) is 8.87. The molecule has 0 fully saturated rings. The fraction of sp³-hybridized carbons (Fsp3) is 0.600. The first kappa shape index (κ1) is 23.1. The number of halogens is 3. The molecule has 0 saturated heterocycles. The molecule has 2 rings (SSSR count). The van der Waals surface area contributed by atoms with E-state index in [-0.39, 0.29) is 17.7 Å². The normalized spacial score (nSPS) is 12.7. The quantitative estimate of drug-likeness (QED) is 0.784. The minimum Gasteiger partial charge on any atom is -0.390 e. The minimum absolute atomic E-state index is 0.113. The summed E-state index contributed by atoms with van der Waals surface area (Å²) in [5.41, 5.74) is -0.651. The average Bonchev–Trinajstić information content (AvgIpc) is 2.79. The van der Waals surface area contributed by atoms with Gasteiger partial charge in [0.2, 0.25) is 0 Å². The SMILES string of the molecule is CCC(=O)CC(C)(C)O.Cc1nc2ccc(C(F)(F)F)cc2n1C(C)(C)C. The number of carbonyl (C=O) groups is 1. The van der Waals surface area contributed by atoms with Gasteiger partial charge in [0.15, 0.2) is 0 Å². The Kier molecular flexibility index (Phi) is 6.86. The third kappa shape index (κ3) is 6.65. The van der Waals surface area contributed by atoms with Crippen molar-refractivity contribution in [2.45, 2.75) is 78.6 Å². The van der Waals surface area contributed by atoms with E-state index in [9.17, 15) is 18.0 Å². The van der Waals surface area contributed by atoms with Crippen LogP contribution in [0.3, 0.4) is 0 Å². The standard InChI is InChI=1S/C13H15F3N2.C7H14O2/c1-8-17-10-6-5-9(13(14,15)16)7-11(10)18(8)12(2,3)4;1-4-6(8)5-7(2,3)9/h5-7H,1-4H3;9H,4-5H2,1-3H3. The van der Waals surface area contributed by atoms with Crippen LogP contribution < -0.4 is 0 Å². The number of Topliss-reactive ketones (excluding diaryl/α,β-unsaturated/α-hetero) is 1. The van der Waals surface area contributed by atoms with Crippen molar-refractivity contribution in [3.63, 3.8) is 0 Å². The van der Waals surface area contributed by atoms with Gasteiger partial charge in [-0.15, -0.1) is 0 Å². The molecule has 1 N–H and O–H groups in total. The molecular weight excluding hydrogens is 357 g/mol. The van der Waals surface area contributed by atoms with Crippen LogP contribution in [-0.4, -0.2) is 26.0 Å². The summed E-state index contributed by atoms with van der Waals surface area (Å²) in [5, 5.41) is 9.10. The summed E-state index contributed by atoms with van der Waals surface area (Å²) in [6.07, 6.45) is -3.54. The van der Waals surface area contributed by atoms with Crippen molar-refractivity contribution in [2.24, 2.45) is 0 Å². The Morgan fingerprint density at radius 1 is 1.15 bits per heavy atom. The van der Waals surface area contributed by atoms with Crippen molar-refractivity contribution in [1.82, 2.24) is 9.55 Å². The number of fused-ring (bicyclic) bond motifs is 1. The van der Waals surface area contributed by atoms with Crippen molar-refractivity contribution in [2.75, 3.05) is 0 Å². The first-order chi connectivity index (χ1) is 12.1. The molecule has 0 bridgehead atoms. The average molecular weight is 386 g/mol. The molecule has 0 atom stereocenters. The van der Waals surface area contributed by atoms with Crippen LogP contribution >= 0.6 is 0 Å². The predicted molar refractivity (Wildman–Crippen MR) is 101 cm³/mol. The lowest BCUT2D eigenvalue weighted by Gasteiger charge is -2.24. The van der Waals surface area contributed by atoms with E-state index in [2.05, 4.69) is 4.98 Å². The second kappa shape index (κ2) is 8.00. The smallest absolute Gasteiger partial charge is 0.390 e. The lowest BCUT2D eigenvalue weighted by Crippen LogP contribution is -2.23. The van der Waals surface area contributed by atoms with Gasteiger partial charge in [-0.25, -0.2) is 4.98 Å². The number of imidazole rings is 1. The lowest BCUT2D eigenvalue weighted by molar-refractivity contribution is -0.137. The zero-order valence-electron chi connectivity index (χ0n) is 17.0. The van der Waals surface area contributed by atoms with E-state index in [1.165, 1.54) is 12.1 Å². The minimum atomic E-state index is -4.32. The zero-order chi connectivity index (χ0) is 21.2. The fourth-order valence-electron chi connectivity index (χ4n) is 2.83. The predicted octanol–water partition coefficient (Wildman–Crippen LogP) is 5.25. The highest BCUT2D eigenvalue weighted by molar-refractivity contribution is 5.79. The van der Waals surface area contributed by atoms with E-state index in [0.717, 1.165) is 11.9 Å². The van der Waals surface area contributed by atoms with Crippen LogP contribution in [0.25, 0.3) is 11.0 Å². The molecule has 2 aromatic rings. The van der Waals surface area contributed by atoms with Crippen molar-refractivity contribution in [1.29, 1.82) is 0 Å². The third-order valence-corrected chi connectivity index (χ3v) is 3.84. The van der Waals surface area contributed by atoms with Crippen LogP contribution in [-0.2, 0) is 16.5 Å². The molecule has 0 aliphatic carbocycles. The second-order valence-electron chi connectivity index (χ2n) is 8.25. The van der Waals surface area contributed by atoms with E-state index in [0.29, 0.717) is 17.5 Å². The molecule has 0 unspecified atom stereocenters. The van der Waals surface area contributed by atoms with Crippen LogP contribution in [0, 0.1) is 6.92 Å². The number of hydrogen-bond acceptors (Lipinski definition) is 3. The highest BCUT2D eigenvalue weighted by atomic mass is 19.4. The molecule has 1 aromatic heterocycles. The van der Waals surface area contributed by atoms with Crippen LogP contribution in [0.2, 0.25) is 0 Å². The molecule has 1 aromatic carbocycles. The van der Waals surface area contributed by atoms with Gasteiger partial charge in [0.05, 0.1) is 22.2 Å². The fourth-order valence-corrected chi connectivity index (χ4v) is 2.83. The van der Waals surface area contributed by atoms with Crippen LogP contribution in [0.4, 0.5) is 13.2 Å². The van der Waals surface area contributed by atoms with Crippen molar-refractivity contribution in [3.8, 4) is 0 Å². The molecular formula is C20H29F3N2O2. The molecule has 0 saturated carbocycles. The summed E-state index contributed by atoms with van der Waals surface area (Å²) < 4.78 is 40.0. The maximum atomic E-state index is 12.7. The summed E-state index contributed by atoms with van der Waals surface area (Å²) in [5.74, 6) is 0.833. The second-order valence-corrected chi connectivity index (χ2v) is 8.25. The van der Waals surface area contributed by atoms with E-state index in [1.54, 1.807) is 27.7 Å². The Bertz CT molecular complexity index is 794. The number of rotatable bonds is 3. The third-order valence-electron chi connectivity index (χ3n) is 3.84. The van der Waals surface area contributed by atoms with Gasteiger partial charge in [0, 0.05) is 18.4 Å². The highest BCUT2D eigenvalue weighted by Gasteiger charge is 2.31. The summed E-state index contributed by atoms with van der Waals surface area (Å²) in [6.45, 7) is 12.7. The monoisotopic (exact) mass is 386 g/mol. The maximum absolute atomic E-state index is 12.7. The van der Waals surface area contributed by atoms with Gasteiger partial charge in [-0.2, -0.15) is 13.2 Å².